The molecule has 0 saturated heterocycles. The van der Waals surface area contributed by atoms with Crippen LogP contribution < -0.4 is 10.2 Å². The molecule has 20 heavy (non-hydrogen) atoms. The quantitative estimate of drug-likeness (QED) is 0.920. The number of hydrogen-bond donors (Lipinski definition) is 1. The van der Waals surface area contributed by atoms with Crippen molar-refractivity contribution in [3.63, 3.8) is 0 Å². The molecule has 0 bridgehead atoms. The lowest BCUT2D eigenvalue weighted by molar-refractivity contribution is 0.102. The summed E-state index contributed by atoms with van der Waals surface area (Å²) in [5, 5.41) is 12.3. The van der Waals surface area contributed by atoms with E-state index in [1.807, 2.05) is 31.1 Å². The Hall–Kier alpha value is -1.95. The number of nitrogens with zero attached hydrogens (tertiary/aromatic N) is 3. The molecule has 5 nitrogen and oxygen atoms in total. The van der Waals surface area contributed by atoms with Crippen molar-refractivity contribution in [2.24, 2.45) is 0 Å². The van der Waals surface area contributed by atoms with Gasteiger partial charge in [0.2, 0.25) is 5.13 Å². The van der Waals surface area contributed by atoms with Gasteiger partial charge in [-0.05, 0) is 30.7 Å². The van der Waals surface area contributed by atoms with Crippen molar-refractivity contribution in [2.75, 3.05) is 24.3 Å². The fraction of sp³-hybridized carbons (Fsp3) is 0.357. The maximum atomic E-state index is 12.1. The zero-order valence-corrected chi connectivity index (χ0v) is 12.7. The van der Waals surface area contributed by atoms with E-state index in [0.717, 1.165) is 23.5 Å². The molecule has 0 aliphatic carbocycles. The number of anilines is 2. The minimum Gasteiger partial charge on any atom is -0.378 e. The fourth-order valence-electron chi connectivity index (χ4n) is 1.70. The fourth-order valence-corrected chi connectivity index (χ4v) is 2.54. The third kappa shape index (κ3) is 3.54. The SMILES string of the molecule is CCCc1nnc(NC(=O)c2ccc(N(C)C)cc2)s1. The number of aromatic nitrogens is 2. The number of hydrogen-bond acceptors (Lipinski definition) is 5. The van der Waals surface area contributed by atoms with Gasteiger partial charge in [-0.25, -0.2) is 0 Å². The van der Waals surface area contributed by atoms with Crippen LogP contribution in [0.2, 0.25) is 0 Å². The summed E-state index contributed by atoms with van der Waals surface area (Å²) in [5.41, 5.74) is 1.67. The molecule has 0 atom stereocenters. The van der Waals surface area contributed by atoms with Gasteiger partial charge in [0.15, 0.2) is 0 Å². The Balaban J connectivity index is 2.03. The van der Waals surface area contributed by atoms with Crippen LogP contribution >= 0.6 is 11.3 Å². The maximum absolute atomic E-state index is 12.1. The number of aryl methyl sites for hydroxylation is 1. The molecule has 0 radical (unpaired) electrons. The lowest BCUT2D eigenvalue weighted by Gasteiger charge is -2.12. The van der Waals surface area contributed by atoms with Crippen LogP contribution in [0.3, 0.4) is 0 Å². The smallest absolute Gasteiger partial charge is 0.257 e. The summed E-state index contributed by atoms with van der Waals surface area (Å²) in [6.07, 6.45) is 1.92. The van der Waals surface area contributed by atoms with E-state index in [1.165, 1.54) is 11.3 Å². The molecule has 2 aromatic rings. The van der Waals surface area contributed by atoms with E-state index in [1.54, 1.807) is 12.1 Å². The molecule has 1 N–H and O–H groups in total. The van der Waals surface area contributed by atoms with Gasteiger partial charge in [-0.2, -0.15) is 0 Å². The Bertz CT molecular complexity index is 577. The van der Waals surface area contributed by atoms with Crippen molar-refractivity contribution in [2.45, 2.75) is 19.8 Å². The summed E-state index contributed by atoms with van der Waals surface area (Å²) < 4.78 is 0. The minimum absolute atomic E-state index is 0.158. The predicted molar refractivity (Wildman–Crippen MR) is 82.6 cm³/mol. The van der Waals surface area contributed by atoms with Gasteiger partial charge in [0, 0.05) is 31.8 Å². The first-order valence-corrected chi connectivity index (χ1v) is 7.33. The van der Waals surface area contributed by atoms with Gasteiger partial charge in [0.1, 0.15) is 5.01 Å². The Morgan fingerprint density at radius 2 is 1.95 bits per heavy atom. The third-order valence-electron chi connectivity index (χ3n) is 2.80. The van der Waals surface area contributed by atoms with Crippen LogP contribution in [-0.2, 0) is 6.42 Å². The van der Waals surface area contributed by atoms with Crippen molar-refractivity contribution in [3.05, 3.63) is 34.8 Å². The van der Waals surface area contributed by atoms with Crippen molar-refractivity contribution in [1.29, 1.82) is 0 Å². The summed E-state index contributed by atoms with van der Waals surface area (Å²) in [5.74, 6) is -0.158. The zero-order chi connectivity index (χ0) is 14.5. The summed E-state index contributed by atoms with van der Waals surface area (Å²) in [4.78, 5) is 14.1. The Morgan fingerprint density at radius 3 is 2.55 bits per heavy atom. The van der Waals surface area contributed by atoms with Gasteiger partial charge >= 0.3 is 0 Å². The van der Waals surface area contributed by atoms with E-state index in [0.29, 0.717) is 10.7 Å². The lowest BCUT2D eigenvalue weighted by Crippen LogP contribution is -2.13. The molecule has 1 amide bonds. The van der Waals surface area contributed by atoms with Crippen molar-refractivity contribution in [3.8, 4) is 0 Å². The topological polar surface area (TPSA) is 58.1 Å². The molecule has 0 aliphatic rings. The van der Waals surface area contributed by atoms with Crippen molar-refractivity contribution >= 4 is 28.1 Å². The predicted octanol–water partition coefficient (Wildman–Crippen LogP) is 2.81. The number of nitrogens with one attached hydrogen (secondary N) is 1. The van der Waals surface area contributed by atoms with Crippen molar-refractivity contribution in [1.82, 2.24) is 10.2 Å². The molecular formula is C14H18N4OS. The van der Waals surface area contributed by atoms with Crippen LogP contribution in [0.4, 0.5) is 10.8 Å². The van der Waals surface area contributed by atoms with Gasteiger partial charge < -0.3 is 4.90 Å². The molecule has 0 saturated carbocycles. The highest BCUT2D eigenvalue weighted by molar-refractivity contribution is 7.15. The second kappa shape index (κ2) is 6.47. The molecule has 1 aromatic carbocycles. The first-order chi connectivity index (χ1) is 9.60. The van der Waals surface area contributed by atoms with E-state index in [-0.39, 0.29) is 5.91 Å². The maximum Gasteiger partial charge on any atom is 0.257 e. The van der Waals surface area contributed by atoms with Crippen LogP contribution in [-0.4, -0.2) is 30.2 Å². The lowest BCUT2D eigenvalue weighted by atomic mass is 10.2. The van der Waals surface area contributed by atoms with Gasteiger partial charge in [-0.3, -0.25) is 10.1 Å². The highest BCUT2D eigenvalue weighted by atomic mass is 32.1. The highest BCUT2D eigenvalue weighted by Crippen LogP contribution is 2.18. The molecule has 1 heterocycles. The molecule has 0 aliphatic heterocycles. The number of benzene rings is 1. The molecule has 6 heteroatoms. The Labute approximate surface area is 122 Å². The summed E-state index contributed by atoms with van der Waals surface area (Å²) in [6, 6.07) is 7.44. The van der Waals surface area contributed by atoms with Crippen LogP contribution in [0.1, 0.15) is 28.7 Å². The molecule has 1 aromatic heterocycles. The van der Waals surface area contributed by atoms with E-state index in [2.05, 4.69) is 22.4 Å². The van der Waals surface area contributed by atoms with Gasteiger partial charge in [-0.1, -0.05) is 18.3 Å². The number of carbonyl (C=O) groups is 1. The van der Waals surface area contributed by atoms with E-state index in [4.69, 9.17) is 0 Å². The minimum atomic E-state index is -0.158. The largest absolute Gasteiger partial charge is 0.378 e. The van der Waals surface area contributed by atoms with Crippen LogP contribution in [0.5, 0.6) is 0 Å². The molecule has 106 valence electrons. The number of rotatable bonds is 5. The first-order valence-electron chi connectivity index (χ1n) is 6.51. The number of amides is 1. The summed E-state index contributed by atoms with van der Waals surface area (Å²) in [7, 11) is 3.93. The average Bonchev–Trinajstić information content (AvgIpc) is 2.86. The van der Waals surface area contributed by atoms with E-state index >= 15 is 0 Å². The molecule has 0 spiro atoms. The van der Waals surface area contributed by atoms with E-state index in [9.17, 15) is 4.79 Å². The van der Waals surface area contributed by atoms with Gasteiger partial charge in [0.25, 0.3) is 5.91 Å². The Morgan fingerprint density at radius 1 is 1.25 bits per heavy atom. The first kappa shape index (κ1) is 14.5. The summed E-state index contributed by atoms with van der Waals surface area (Å²) in [6.45, 7) is 2.09. The van der Waals surface area contributed by atoms with Crippen LogP contribution in [0, 0.1) is 0 Å². The normalized spacial score (nSPS) is 10.3. The number of carbonyl (C=O) groups excluding carboxylic acids is 1. The second-order valence-electron chi connectivity index (χ2n) is 4.65. The third-order valence-corrected chi connectivity index (χ3v) is 3.70. The van der Waals surface area contributed by atoms with E-state index < -0.39 is 0 Å². The second-order valence-corrected chi connectivity index (χ2v) is 5.71. The van der Waals surface area contributed by atoms with Gasteiger partial charge in [-0.15, -0.1) is 10.2 Å². The van der Waals surface area contributed by atoms with Crippen LogP contribution in [0.25, 0.3) is 0 Å². The van der Waals surface area contributed by atoms with Crippen molar-refractivity contribution < 1.29 is 4.79 Å². The standard InChI is InChI=1S/C14H18N4OS/c1-4-5-12-16-17-14(20-12)15-13(19)10-6-8-11(9-7-10)18(2)3/h6-9H,4-5H2,1-3H3,(H,15,17,19). The summed E-state index contributed by atoms with van der Waals surface area (Å²) >= 11 is 1.43. The Kier molecular flexibility index (Phi) is 4.68. The zero-order valence-electron chi connectivity index (χ0n) is 11.9. The van der Waals surface area contributed by atoms with Gasteiger partial charge in [0.05, 0.1) is 0 Å². The monoisotopic (exact) mass is 290 g/mol. The average molecular weight is 290 g/mol. The molecule has 2 rings (SSSR count). The highest BCUT2D eigenvalue weighted by Gasteiger charge is 2.10. The molecule has 0 unspecified atom stereocenters. The van der Waals surface area contributed by atoms with Crippen LogP contribution in [0.15, 0.2) is 24.3 Å². The molecule has 0 fully saturated rings. The molecular weight excluding hydrogens is 272 g/mol.